The molecular weight excluding hydrogens is 404 g/mol. The molecular formula is C22H25ClN4O3. The molecule has 158 valence electrons. The molecule has 3 heterocycles. The van der Waals surface area contributed by atoms with E-state index in [-0.39, 0.29) is 30.3 Å². The smallest absolute Gasteiger partial charge is 0.317 e. The lowest BCUT2D eigenvalue weighted by Gasteiger charge is -2.33. The number of ether oxygens (including phenoxy) is 1. The van der Waals surface area contributed by atoms with Crippen LogP contribution in [0.1, 0.15) is 30.7 Å². The molecule has 0 radical (unpaired) electrons. The number of aromatic nitrogens is 2. The van der Waals surface area contributed by atoms with E-state index in [0.717, 1.165) is 29.9 Å². The Bertz CT molecular complexity index is 930. The van der Waals surface area contributed by atoms with Gasteiger partial charge in [-0.1, -0.05) is 11.6 Å². The monoisotopic (exact) mass is 428 g/mol. The number of halogens is 1. The van der Waals surface area contributed by atoms with E-state index in [1.54, 1.807) is 17.0 Å². The fourth-order valence-corrected chi connectivity index (χ4v) is 4.26. The Morgan fingerprint density at radius 3 is 2.53 bits per heavy atom. The van der Waals surface area contributed by atoms with Crippen molar-refractivity contribution in [2.75, 3.05) is 24.5 Å². The zero-order valence-electron chi connectivity index (χ0n) is 17.2. The van der Waals surface area contributed by atoms with Gasteiger partial charge in [0, 0.05) is 41.6 Å². The van der Waals surface area contributed by atoms with Gasteiger partial charge >= 0.3 is 6.01 Å². The summed E-state index contributed by atoms with van der Waals surface area (Å²) in [6, 6.07) is 9.37. The summed E-state index contributed by atoms with van der Waals surface area (Å²) in [5.74, 6) is -0.372. The lowest BCUT2D eigenvalue weighted by molar-refractivity contribution is -0.138. The molecule has 2 fully saturated rings. The highest BCUT2D eigenvalue weighted by atomic mass is 35.5. The Morgan fingerprint density at radius 2 is 1.83 bits per heavy atom. The predicted octanol–water partition coefficient (Wildman–Crippen LogP) is 3.17. The van der Waals surface area contributed by atoms with Crippen molar-refractivity contribution in [3.8, 4) is 6.01 Å². The van der Waals surface area contributed by atoms with E-state index in [1.807, 2.05) is 36.9 Å². The van der Waals surface area contributed by atoms with Gasteiger partial charge in [0.25, 0.3) is 0 Å². The molecule has 0 spiro atoms. The third-order valence-corrected chi connectivity index (χ3v) is 5.79. The first kappa shape index (κ1) is 20.6. The highest BCUT2D eigenvalue weighted by Crippen LogP contribution is 2.28. The van der Waals surface area contributed by atoms with Gasteiger partial charge < -0.3 is 14.5 Å². The van der Waals surface area contributed by atoms with Crippen LogP contribution in [0, 0.1) is 19.8 Å². The molecule has 2 atom stereocenters. The first-order valence-corrected chi connectivity index (χ1v) is 10.6. The second-order valence-electron chi connectivity index (χ2n) is 7.98. The van der Waals surface area contributed by atoms with Crippen LogP contribution in [0.4, 0.5) is 5.69 Å². The number of hydrogen-bond acceptors (Lipinski definition) is 5. The van der Waals surface area contributed by atoms with Crippen LogP contribution in [0.15, 0.2) is 30.3 Å². The van der Waals surface area contributed by atoms with Crippen LogP contribution in [0.2, 0.25) is 5.02 Å². The number of piperidine rings is 1. The molecule has 0 bridgehead atoms. The number of aryl methyl sites for hydroxylation is 2. The molecule has 2 aromatic rings. The van der Waals surface area contributed by atoms with E-state index in [4.69, 9.17) is 16.3 Å². The van der Waals surface area contributed by atoms with E-state index in [0.29, 0.717) is 30.7 Å². The molecule has 1 aromatic heterocycles. The Morgan fingerprint density at radius 1 is 1.13 bits per heavy atom. The van der Waals surface area contributed by atoms with Crippen molar-refractivity contribution in [1.29, 1.82) is 0 Å². The zero-order chi connectivity index (χ0) is 21.3. The molecule has 2 unspecified atom stereocenters. The minimum absolute atomic E-state index is 0.00875. The molecule has 2 aliphatic heterocycles. The number of anilines is 1. The Hall–Kier alpha value is -2.67. The summed E-state index contributed by atoms with van der Waals surface area (Å²) >= 11 is 5.94. The summed E-state index contributed by atoms with van der Waals surface area (Å²) in [6.45, 7) is 5.37. The molecule has 0 N–H and O–H groups in total. The maximum atomic E-state index is 13.1. The van der Waals surface area contributed by atoms with Gasteiger partial charge in [-0.3, -0.25) is 9.59 Å². The second-order valence-corrected chi connectivity index (χ2v) is 8.42. The number of carbonyl (C=O) groups is 2. The Balaban J connectivity index is 1.39. The quantitative estimate of drug-likeness (QED) is 0.747. The van der Waals surface area contributed by atoms with Gasteiger partial charge in [0.2, 0.25) is 11.8 Å². The topological polar surface area (TPSA) is 75.6 Å². The highest BCUT2D eigenvalue weighted by molar-refractivity contribution is 6.30. The van der Waals surface area contributed by atoms with Crippen LogP contribution in [0.3, 0.4) is 0 Å². The molecule has 8 heteroatoms. The van der Waals surface area contributed by atoms with Crippen molar-refractivity contribution in [3.63, 3.8) is 0 Å². The predicted molar refractivity (Wildman–Crippen MR) is 114 cm³/mol. The SMILES string of the molecule is Cc1cc(C)nc(OC2CCCN(C(=O)C3CC(=O)N(c4ccc(Cl)cc4)C3)C2)n1. The Labute approximate surface area is 181 Å². The number of likely N-dealkylation sites (tertiary alicyclic amines) is 1. The maximum Gasteiger partial charge on any atom is 0.317 e. The summed E-state index contributed by atoms with van der Waals surface area (Å²) in [7, 11) is 0. The zero-order valence-corrected chi connectivity index (χ0v) is 17.9. The normalized spacial score (nSPS) is 21.8. The number of carbonyl (C=O) groups excluding carboxylic acids is 2. The fraction of sp³-hybridized carbons (Fsp3) is 0.455. The van der Waals surface area contributed by atoms with Crippen molar-refractivity contribution in [2.24, 2.45) is 5.92 Å². The molecule has 1 aromatic carbocycles. The first-order chi connectivity index (χ1) is 14.4. The summed E-state index contributed by atoms with van der Waals surface area (Å²) in [5, 5.41) is 0.616. The van der Waals surface area contributed by atoms with Gasteiger partial charge in [-0.25, -0.2) is 9.97 Å². The van der Waals surface area contributed by atoms with Gasteiger partial charge in [0.15, 0.2) is 0 Å². The maximum absolute atomic E-state index is 13.1. The van der Waals surface area contributed by atoms with Gasteiger partial charge in [-0.2, -0.15) is 0 Å². The van der Waals surface area contributed by atoms with E-state index < -0.39 is 0 Å². The van der Waals surface area contributed by atoms with Crippen LogP contribution in [0.5, 0.6) is 6.01 Å². The first-order valence-electron chi connectivity index (χ1n) is 10.2. The minimum atomic E-state index is -0.343. The summed E-state index contributed by atoms with van der Waals surface area (Å²) in [5.41, 5.74) is 2.48. The molecule has 0 aliphatic carbocycles. The molecule has 30 heavy (non-hydrogen) atoms. The molecule has 4 rings (SSSR count). The number of amides is 2. The van der Waals surface area contributed by atoms with Crippen molar-refractivity contribution < 1.29 is 14.3 Å². The molecule has 0 saturated carbocycles. The summed E-state index contributed by atoms with van der Waals surface area (Å²) < 4.78 is 5.98. The van der Waals surface area contributed by atoms with Gasteiger partial charge in [0.05, 0.1) is 12.5 Å². The summed E-state index contributed by atoms with van der Waals surface area (Å²) in [6.07, 6.45) is 1.78. The van der Waals surface area contributed by atoms with Crippen molar-refractivity contribution in [1.82, 2.24) is 14.9 Å². The number of benzene rings is 1. The van der Waals surface area contributed by atoms with E-state index >= 15 is 0 Å². The van der Waals surface area contributed by atoms with Crippen LogP contribution in [0.25, 0.3) is 0 Å². The van der Waals surface area contributed by atoms with Crippen molar-refractivity contribution in [3.05, 3.63) is 46.7 Å². The van der Waals surface area contributed by atoms with Gasteiger partial charge in [-0.05, 0) is 57.0 Å². The van der Waals surface area contributed by atoms with Gasteiger partial charge in [0.1, 0.15) is 6.10 Å². The molecule has 7 nitrogen and oxygen atoms in total. The van der Waals surface area contributed by atoms with E-state index in [9.17, 15) is 9.59 Å². The van der Waals surface area contributed by atoms with Crippen LogP contribution in [-0.4, -0.2) is 52.4 Å². The Kier molecular flexibility index (Phi) is 5.90. The van der Waals surface area contributed by atoms with Crippen LogP contribution >= 0.6 is 11.6 Å². The minimum Gasteiger partial charge on any atom is -0.458 e. The van der Waals surface area contributed by atoms with E-state index in [2.05, 4.69) is 9.97 Å². The van der Waals surface area contributed by atoms with Crippen molar-refractivity contribution in [2.45, 2.75) is 39.2 Å². The number of nitrogens with zero attached hydrogens (tertiary/aromatic N) is 4. The van der Waals surface area contributed by atoms with Crippen LogP contribution < -0.4 is 9.64 Å². The largest absolute Gasteiger partial charge is 0.458 e. The fourth-order valence-electron chi connectivity index (χ4n) is 4.13. The van der Waals surface area contributed by atoms with E-state index in [1.165, 1.54) is 0 Å². The highest BCUT2D eigenvalue weighted by Gasteiger charge is 2.38. The lowest BCUT2D eigenvalue weighted by atomic mass is 10.0. The van der Waals surface area contributed by atoms with Crippen LogP contribution in [-0.2, 0) is 9.59 Å². The third-order valence-electron chi connectivity index (χ3n) is 5.54. The third kappa shape index (κ3) is 4.56. The molecule has 2 aliphatic rings. The number of hydrogen-bond donors (Lipinski definition) is 0. The standard InChI is InChI=1S/C22H25ClN4O3/c1-14-10-15(2)25-22(24-14)30-19-4-3-9-26(13-19)21(29)16-11-20(28)27(12-16)18-7-5-17(23)6-8-18/h5-8,10,16,19H,3-4,9,11-13H2,1-2H3. The molecule has 2 saturated heterocycles. The molecule has 2 amide bonds. The average Bonchev–Trinajstić information content (AvgIpc) is 3.09. The van der Waals surface area contributed by atoms with Gasteiger partial charge in [-0.15, -0.1) is 0 Å². The number of rotatable bonds is 4. The average molecular weight is 429 g/mol. The lowest BCUT2D eigenvalue weighted by Crippen LogP contribution is -2.47. The summed E-state index contributed by atoms with van der Waals surface area (Å²) in [4.78, 5) is 37.8. The van der Waals surface area contributed by atoms with Crippen molar-refractivity contribution >= 4 is 29.1 Å². The second kappa shape index (κ2) is 8.60.